The van der Waals surface area contributed by atoms with Crippen molar-refractivity contribution in [2.75, 3.05) is 13.1 Å². The summed E-state index contributed by atoms with van der Waals surface area (Å²) in [6.07, 6.45) is 1.31. The molecule has 0 aromatic rings. The van der Waals surface area contributed by atoms with E-state index in [-0.39, 0.29) is 24.2 Å². The smallest absolute Gasteiger partial charge is 0.303 e. The van der Waals surface area contributed by atoms with Gasteiger partial charge in [0.05, 0.1) is 0 Å². The Balaban J connectivity index is 4.08. The molecule has 4 N–H and O–H groups in total. The fourth-order valence-corrected chi connectivity index (χ4v) is 1.88. The molecule has 0 saturated heterocycles. The highest BCUT2D eigenvalue weighted by molar-refractivity contribution is 5.76. The van der Waals surface area contributed by atoms with Crippen LogP contribution in [0.4, 0.5) is 0 Å². The van der Waals surface area contributed by atoms with Crippen LogP contribution in [0.3, 0.4) is 0 Å². The summed E-state index contributed by atoms with van der Waals surface area (Å²) in [6, 6.07) is 0. The Morgan fingerprint density at radius 3 is 2.28 bits per heavy atom. The number of hydrogen-bond donors (Lipinski definition) is 3. The number of nitrogens with two attached hydrogens (primary N) is 1. The molecule has 0 aliphatic carbocycles. The monoisotopic (exact) mass is 258 g/mol. The molecule has 0 fully saturated rings. The second-order valence-electron chi connectivity index (χ2n) is 5.44. The van der Waals surface area contributed by atoms with Gasteiger partial charge in [0.25, 0.3) is 0 Å². The number of nitrogens with one attached hydrogen (secondary N) is 1. The first kappa shape index (κ1) is 16.9. The number of carboxylic acid groups (broad SMARTS) is 1. The van der Waals surface area contributed by atoms with Crippen LogP contribution in [0.25, 0.3) is 0 Å². The molecule has 0 bridgehead atoms. The lowest BCUT2D eigenvalue weighted by molar-refractivity contribution is -0.138. The minimum atomic E-state index is -0.815. The number of amides is 1. The molecule has 0 aliphatic heterocycles. The third kappa shape index (κ3) is 8.98. The van der Waals surface area contributed by atoms with Gasteiger partial charge in [0, 0.05) is 19.4 Å². The van der Waals surface area contributed by atoms with Gasteiger partial charge in [0.2, 0.25) is 5.91 Å². The third-order valence-corrected chi connectivity index (χ3v) is 2.79. The molecule has 0 spiro atoms. The summed E-state index contributed by atoms with van der Waals surface area (Å²) in [5, 5.41) is 11.6. The van der Waals surface area contributed by atoms with E-state index >= 15 is 0 Å². The standard InChI is InChI=1S/C13H26N2O3/c1-9(2)4-11(6-13(17)18)8-15-12(16)5-10(3)7-14/h9-11H,4-8,14H2,1-3H3,(H,15,16)(H,17,18)/t10?,11-/m0/s1. The van der Waals surface area contributed by atoms with E-state index in [0.717, 1.165) is 6.42 Å². The molecule has 0 aromatic carbocycles. The lowest BCUT2D eigenvalue weighted by Gasteiger charge is -2.18. The molecular formula is C13H26N2O3. The van der Waals surface area contributed by atoms with E-state index in [9.17, 15) is 9.59 Å². The van der Waals surface area contributed by atoms with Crippen LogP contribution in [0.2, 0.25) is 0 Å². The second-order valence-corrected chi connectivity index (χ2v) is 5.44. The summed E-state index contributed by atoms with van der Waals surface area (Å²) < 4.78 is 0. The normalized spacial score (nSPS) is 14.3. The molecule has 5 nitrogen and oxygen atoms in total. The molecule has 0 rings (SSSR count). The number of carbonyl (C=O) groups is 2. The van der Waals surface area contributed by atoms with E-state index in [2.05, 4.69) is 5.32 Å². The molecule has 18 heavy (non-hydrogen) atoms. The first-order chi connectivity index (χ1) is 8.35. The number of carbonyl (C=O) groups excluding carboxylic acids is 1. The van der Waals surface area contributed by atoms with Crippen molar-refractivity contribution in [3.05, 3.63) is 0 Å². The van der Waals surface area contributed by atoms with Crippen molar-refractivity contribution >= 4 is 11.9 Å². The zero-order valence-corrected chi connectivity index (χ0v) is 11.6. The van der Waals surface area contributed by atoms with Gasteiger partial charge in [-0.25, -0.2) is 0 Å². The van der Waals surface area contributed by atoms with Gasteiger partial charge in [-0.15, -0.1) is 0 Å². The minimum absolute atomic E-state index is 0.000340. The summed E-state index contributed by atoms with van der Waals surface area (Å²) >= 11 is 0. The maximum absolute atomic E-state index is 11.6. The lowest BCUT2D eigenvalue weighted by Crippen LogP contribution is -2.32. The number of aliphatic carboxylic acids is 1. The van der Waals surface area contributed by atoms with Crippen molar-refractivity contribution in [1.29, 1.82) is 0 Å². The number of hydrogen-bond acceptors (Lipinski definition) is 3. The Hall–Kier alpha value is -1.10. The molecule has 0 aliphatic rings. The Bertz CT molecular complexity index is 267. The first-order valence-corrected chi connectivity index (χ1v) is 6.53. The number of carboxylic acids is 1. The predicted octanol–water partition coefficient (Wildman–Crippen LogP) is 1.22. The van der Waals surface area contributed by atoms with E-state index in [1.165, 1.54) is 0 Å². The Morgan fingerprint density at radius 1 is 1.22 bits per heavy atom. The van der Waals surface area contributed by atoms with Crippen LogP contribution in [0.15, 0.2) is 0 Å². The van der Waals surface area contributed by atoms with Crippen molar-refractivity contribution in [3.63, 3.8) is 0 Å². The molecule has 1 amide bonds. The van der Waals surface area contributed by atoms with Gasteiger partial charge in [-0.3, -0.25) is 9.59 Å². The van der Waals surface area contributed by atoms with Gasteiger partial charge >= 0.3 is 5.97 Å². The van der Waals surface area contributed by atoms with Gasteiger partial charge in [-0.2, -0.15) is 0 Å². The summed E-state index contributed by atoms with van der Waals surface area (Å²) in [5.41, 5.74) is 5.45. The highest BCUT2D eigenvalue weighted by Crippen LogP contribution is 2.14. The first-order valence-electron chi connectivity index (χ1n) is 6.53. The van der Waals surface area contributed by atoms with Crippen LogP contribution in [-0.2, 0) is 9.59 Å². The van der Waals surface area contributed by atoms with Crippen LogP contribution >= 0.6 is 0 Å². The number of rotatable bonds is 9. The Labute approximate surface area is 109 Å². The summed E-state index contributed by atoms with van der Waals surface area (Å²) in [7, 11) is 0. The zero-order chi connectivity index (χ0) is 14.1. The Morgan fingerprint density at radius 2 is 1.83 bits per heavy atom. The van der Waals surface area contributed by atoms with Gasteiger partial charge in [0.1, 0.15) is 0 Å². The average molecular weight is 258 g/mol. The SMILES string of the molecule is CC(C)C[C@H](CNC(=O)CC(C)CN)CC(=O)O. The van der Waals surface area contributed by atoms with Gasteiger partial charge < -0.3 is 16.2 Å². The molecule has 0 heterocycles. The summed E-state index contributed by atoms with van der Waals surface area (Å²) in [5.74, 6) is -0.279. The maximum atomic E-state index is 11.6. The molecule has 2 atom stereocenters. The van der Waals surface area contributed by atoms with Crippen LogP contribution < -0.4 is 11.1 Å². The highest BCUT2D eigenvalue weighted by atomic mass is 16.4. The lowest BCUT2D eigenvalue weighted by atomic mass is 9.94. The van der Waals surface area contributed by atoms with Gasteiger partial charge in [-0.05, 0) is 30.7 Å². The van der Waals surface area contributed by atoms with E-state index in [0.29, 0.717) is 25.4 Å². The topological polar surface area (TPSA) is 92.4 Å². The maximum Gasteiger partial charge on any atom is 0.303 e. The van der Waals surface area contributed by atoms with Crippen LogP contribution in [0.5, 0.6) is 0 Å². The second kappa shape index (κ2) is 8.91. The van der Waals surface area contributed by atoms with Crippen LogP contribution in [0.1, 0.15) is 40.0 Å². The molecular weight excluding hydrogens is 232 g/mol. The zero-order valence-electron chi connectivity index (χ0n) is 11.6. The van der Waals surface area contributed by atoms with Gasteiger partial charge in [-0.1, -0.05) is 20.8 Å². The largest absolute Gasteiger partial charge is 0.481 e. The Kier molecular flexibility index (Phi) is 8.37. The van der Waals surface area contributed by atoms with Crippen molar-refractivity contribution in [1.82, 2.24) is 5.32 Å². The van der Waals surface area contributed by atoms with Crippen LogP contribution in [-0.4, -0.2) is 30.1 Å². The fraction of sp³-hybridized carbons (Fsp3) is 0.846. The van der Waals surface area contributed by atoms with E-state index in [1.54, 1.807) is 0 Å². The van der Waals surface area contributed by atoms with Crippen molar-refractivity contribution in [3.8, 4) is 0 Å². The minimum Gasteiger partial charge on any atom is -0.481 e. The third-order valence-electron chi connectivity index (χ3n) is 2.79. The average Bonchev–Trinajstić information content (AvgIpc) is 2.24. The quantitative estimate of drug-likeness (QED) is 0.580. The van der Waals surface area contributed by atoms with Gasteiger partial charge in [0.15, 0.2) is 0 Å². The van der Waals surface area contributed by atoms with E-state index < -0.39 is 5.97 Å². The van der Waals surface area contributed by atoms with Crippen molar-refractivity contribution < 1.29 is 14.7 Å². The highest BCUT2D eigenvalue weighted by Gasteiger charge is 2.16. The predicted molar refractivity (Wildman–Crippen MR) is 71.0 cm³/mol. The van der Waals surface area contributed by atoms with E-state index in [1.807, 2.05) is 20.8 Å². The summed E-state index contributed by atoms with van der Waals surface area (Å²) in [4.78, 5) is 22.3. The molecule has 106 valence electrons. The molecule has 0 radical (unpaired) electrons. The van der Waals surface area contributed by atoms with E-state index in [4.69, 9.17) is 10.8 Å². The van der Waals surface area contributed by atoms with Crippen LogP contribution in [0, 0.1) is 17.8 Å². The van der Waals surface area contributed by atoms with Crippen molar-refractivity contribution in [2.24, 2.45) is 23.5 Å². The molecule has 1 unspecified atom stereocenters. The fourth-order valence-electron chi connectivity index (χ4n) is 1.88. The van der Waals surface area contributed by atoms with Crippen molar-refractivity contribution in [2.45, 2.75) is 40.0 Å². The molecule has 0 saturated carbocycles. The molecule has 0 aromatic heterocycles. The molecule has 5 heteroatoms. The summed E-state index contributed by atoms with van der Waals surface area (Å²) in [6.45, 7) is 6.93.